The normalized spacial score (nSPS) is 11.2. The summed E-state index contributed by atoms with van der Waals surface area (Å²) in [6, 6.07) is 5.72. The Bertz CT molecular complexity index is 479. The van der Waals surface area contributed by atoms with Crippen molar-refractivity contribution in [3.05, 3.63) is 29.8 Å². The maximum absolute atomic E-state index is 11.5. The minimum atomic E-state index is -3.23. The van der Waals surface area contributed by atoms with E-state index in [0.717, 1.165) is 6.26 Å². The Morgan fingerprint density at radius 2 is 1.88 bits per heavy atom. The minimum Gasteiger partial charge on any atom is -0.396 e. The van der Waals surface area contributed by atoms with Crippen LogP contribution in [0.4, 0.5) is 0 Å². The smallest absolute Gasteiger partial charge is 0.251 e. The zero-order valence-corrected chi connectivity index (χ0v) is 10.3. The number of sulfone groups is 1. The number of hydrogen-bond acceptors (Lipinski definition) is 4. The molecule has 1 aromatic rings. The molecule has 0 aliphatic carbocycles. The van der Waals surface area contributed by atoms with Crippen LogP contribution in [0.5, 0.6) is 0 Å². The summed E-state index contributed by atoms with van der Waals surface area (Å²) in [5.41, 5.74) is 0.398. The van der Waals surface area contributed by atoms with Crippen LogP contribution in [0, 0.1) is 0 Å². The van der Waals surface area contributed by atoms with Crippen LogP contribution in [0.2, 0.25) is 0 Å². The Morgan fingerprint density at radius 1 is 1.29 bits per heavy atom. The first-order valence-corrected chi connectivity index (χ1v) is 7.03. The number of hydrogen-bond donors (Lipinski definition) is 2. The summed E-state index contributed by atoms with van der Waals surface area (Å²) in [6.07, 6.45) is 1.61. The molecule has 0 aliphatic rings. The van der Waals surface area contributed by atoms with E-state index in [4.69, 9.17) is 5.11 Å². The Labute approximate surface area is 100 Å². The molecular weight excluding hydrogens is 242 g/mol. The molecule has 17 heavy (non-hydrogen) atoms. The second kappa shape index (κ2) is 5.79. The van der Waals surface area contributed by atoms with Crippen LogP contribution in [0.1, 0.15) is 16.8 Å². The molecule has 0 aliphatic heterocycles. The maximum Gasteiger partial charge on any atom is 0.251 e. The number of aliphatic hydroxyl groups is 1. The van der Waals surface area contributed by atoms with Crippen LogP contribution in [0.3, 0.4) is 0 Å². The van der Waals surface area contributed by atoms with E-state index in [1.54, 1.807) is 0 Å². The third-order valence-electron chi connectivity index (χ3n) is 2.17. The zero-order valence-electron chi connectivity index (χ0n) is 9.51. The molecule has 0 fully saturated rings. The Morgan fingerprint density at radius 3 is 2.35 bits per heavy atom. The number of nitrogens with one attached hydrogen (secondary N) is 1. The van der Waals surface area contributed by atoms with Gasteiger partial charge in [-0.2, -0.15) is 0 Å². The highest BCUT2D eigenvalue weighted by atomic mass is 32.2. The van der Waals surface area contributed by atoms with Gasteiger partial charge in [0.25, 0.3) is 5.91 Å². The summed E-state index contributed by atoms with van der Waals surface area (Å²) < 4.78 is 22.4. The van der Waals surface area contributed by atoms with Gasteiger partial charge < -0.3 is 10.4 Å². The second-order valence-electron chi connectivity index (χ2n) is 3.63. The molecule has 94 valence electrons. The van der Waals surface area contributed by atoms with Crippen molar-refractivity contribution in [1.29, 1.82) is 0 Å². The van der Waals surface area contributed by atoms with Crippen molar-refractivity contribution in [2.24, 2.45) is 0 Å². The van der Waals surface area contributed by atoms with Gasteiger partial charge in [-0.15, -0.1) is 0 Å². The molecule has 0 bridgehead atoms. The third-order valence-corrected chi connectivity index (χ3v) is 3.29. The third kappa shape index (κ3) is 4.16. The summed E-state index contributed by atoms with van der Waals surface area (Å²) in [5, 5.41) is 11.2. The molecule has 6 heteroatoms. The van der Waals surface area contributed by atoms with Crippen LogP contribution in [0.15, 0.2) is 29.2 Å². The lowest BCUT2D eigenvalue weighted by atomic mass is 10.2. The van der Waals surface area contributed by atoms with E-state index >= 15 is 0 Å². The van der Waals surface area contributed by atoms with Gasteiger partial charge in [-0.3, -0.25) is 4.79 Å². The van der Waals surface area contributed by atoms with Crippen molar-refractivity contribution in [1.82, 2.24) is 5.32 Å². The Kier molecular flexibility index (Phi) is 4.65. The van der Waals surface area contributed by atoms with Gasteiger partial charge in [0.2, 0.25) is 0 Å². The number of amides is 1. The van der Waals surface area contributed by atoms with Crippen molar-refractivity contribution in [3.8, 4) is 0 Å². The van der Waals surface area contributed by atoms with E-state index in [1.807, 2.05) is 0 Å². The first-order valence-electron chi connectivity index (χ1n) is 5.14. The minimum absolute atomic E-state index is 0.0211. The standard InChI is InChI=1S/C11H15NO4S/c1-17(15,16)10-5-3-9(4-6-10)11(14)12-7-2-8-13/h3-6,13H,2,7-8H2,1H3,(H,12,14). The molecule has 0 spiro atoms. The lowest BCUT2D eigenvalue weighted by Gasteiger charge is -2.04. The van der Waals surface area contributed by atoms with Crippen LogP contribution >= 0.6 is 0 Å². The van der Waals surface area contributed by atoms with Gasteiger partial charge in [0.1, 0.15) is 0 Å². The van der Waals surface area contributed by atoms with E-state index in [1.165, 1.54) is 24.3 Å². The van der Waals surface area contributed by atoms with Gasteiger partial charge in [0, 0.05) is 25.0 Å². The summed E-state index contributed by atoms with van der Waals surface area (Å²) in [6.45, 7) is 0.413. The number of carbonyl (C=O) groups is 1. The van der Waals surface area contributed by atoms with E-state index in [0.29, 0.717) is 18.5 Å². The fourth-order valence-electron chi connectivity index (χ4n) is 1.24. The molecule has 5 nitrogen and oxygen atoms in total. The molecule has 0 atom stereocenters. The van der Waals surface area contributed by atoms with Gasteiger partial charge in [0.15, 0.2) is 9.84 Å². The predicted molar refractivity (Wildman–Crippen MR) is 63.6 cm³/mol. The van der Waals surface area contributed by atoms with Crippen molar-refractivity contribution >= 4 is 15.7 Å². The molecule has 0 heterocycles. The molecule has 1 aromatic carbocycles. The number of carbonyl (C=O) groups excluding carboxylic acids is 1. The van der Waals surface area contributed by atoms with Gasteiger partial charge in [0.05, 0.1) is 4.90 Å². The van der Waals surface area contributed by atoms with Gasteiger partial charge in [-0.05, 0) is 30.7 Å². The predicted octanol–water partition coefficient (Wildman–Crippen LogP) is 0.202. The Balaban J connectivity index is 2.71. The van der Waals surface area contributed by atoms with Crippen LogP contribution in [0.25, 0.3) is 0 Å². The molecular formula is C11H15NO4S. The Hall–Kier alpha value is -1.40. The average Bonchev–Trinajstić information content (AvgIpc) is 2.28. The van der Waals surface area contributed by atoms with Crippen molar-refractivity contribution < 1.29 is 18.3 Å². The van der Waals surface area contributed by atoms with Crippen LogP contribution < -0.4 is 5.32 Å². The zero-order chi connectivity index (χ0) is 12.9. The SMILES string of the molecule is CS(=O)(=O)c1ccc(C(=O)NCCCO)cc1. The number of benzene rings is 1. The van der Waals surface area contributed by atoms with E-state index in [2.05, 4.69) is 5.32 Å². The molecule has 0 unspecified atom stereocenters. The highest BCUT2D eigenvalue weighted by molar-refractivity contribution is 7.90. The summed E-state index contributed by atoms with van der Waals surface area (Å²) in [4.78, 5) is 11.7. The molecule has 0 saturated heterocycles. The first-order chi connectivity index (χ1) is 7.95. The maximum atomic E-state index is 11.5. The topological polar surface area (TPSA) is 83.5 Å². The summed E-state index contributed by atoms with van der Waals surface area (Å²) in [7, 11) is -3.23. The molecule has 1 rings (SSSR count). The van der Waals surface area contributed by atoms with Gasteiger partial charge >= 0.3 is 0 Å². The number of rotatable bonds is 5. The van der Waals surface area contributed by atoms with E-state index in [-0.39, 0.29) is 17.4 Å². The lowest BCUT2D eigenvalue weighted by Crippen LogP contribution is -2.24. The fourth-order valence-corrected chi connectivity index (χ4v) is 1.87. The quantitative estimate of drug-likeness (QED) is 0.738. The highest BCUT2D eigenvalue weighted by Gasteiger charge is 2.09. The van der Waals surface area contributed by atoms with Crippen molar-refractivity contribution in [2.75, 3.05) is 19.4 Å². The van der Waals surface area contributed by atoms with Crippen molar-refractivity contribution in [3.63, 3.8) is 0 Å². The molecule has 0 radical (unpaired) electrons. The second-order valence-corrected chi connectivity index (χ2v) is 5.65. The van der Waals surface area contributed by atoms with Crippen LogP contribution in [-0.2, 0) is 9.84 Å². The van der Waals surface area contributed by atoms with Crippen LogP contribution in [-0.4, -0.2) is 38.8 Å². The van der Waals surface area contributed by atoms with Crippen molar-refractivity contribution in [2.45, 2.75) is 11.3 Å². The van der Waals surface area contributed by atoms with Gasteiger partial charge in [-0.1, -0.05) is 0 Å². The van der Waals surface area contributed by atoms with Gasteiger partial charge in [-0.25, -0.2) is 8.42 Å². The van der Waals surface area contributed by atoms with E-state index < -0.39 is 9.84 Å². The first kappa shape index (κ1) is 13.7. The highest BCUT2D eigenvalue weighted by Crippen LogP contribution is 2.10. The molecule has 0 aromatic heterocycles. The molecule has 0 saturated carbocycles. The fraction of sp³-hybridized carbons (Fsp3) is 0.364. The van der Waals surface area contributed by atoms with E-state index in [9.17, 15) is 13.2 Å². The summed E-state index contributed by atoms with van der Waals surface area (Å²) in [5.74, 6) is -0.279. The lowest BCUT2D eigenvalue weighted by molar-refractivity contribution is 0.0951. The molecule has 2 N–H and O–H groups in total. The molecule has 1 amide bonds. The number of aliphatic hydroxyl groups excluding tert-OH is 1. The monoisotopic (exact) mass is 257 g/mol. The largest absolute Gasteiger partial charge is 0.396 e. The average molecular weight is 257 g/mol. The summed E-state index contributed by atoms with van der Waals surface area (Å²) >= 11 is 0.